The summed E-state index contributed by atoms with van der Waals surface area (Å²) >= 11 is 0. The summed E-state index contributed by atoms with van der Waals surface area (Å²) in [6.07, 6.45) is 2.58. The van der Waals surface area contributed by atoms with E-state index in [4.69, 9.17) is 0 Å². The van der Waals surface area contributed by atoms with Gasteiger partial charge in [-0.3, -0.25) is 9.59 Å². The highest BCUT2D eigenvalue weighted by molar-refractivity contribution is 5.94. The first kappa shape index (κ1) is 13.5. The van der Waals surface area contributed by atoms with Gasteiger partial charge in [0.2, 0.25) is 5.91 Å². The fraction of sp³-hybridized carbons (Fsp3) is 0.429. The molecule has 19 heavy (non-hydrogen) atoms. The molecule has 1 N–H and O–H groups in total. The normalized spacial score (nSPS) is 15.4. The van der Waals surface area contributed by atoms with Gasteiger partial charge in [-0.1, -0.05) is 0 Å². The van der Waals surface area contributed by atoms with Gasteiger partial charge in [-0.05, 0) is 37.1 Å². The van der Waals surface area contributed by atoms with E-state index in [0.29, 0.717) is 25.1 Å². The third kappa shape index (κ3) is 3.77. The van der Waals surface area contributed by atoms with Crippen LogP contribution in [0.2, 0.25) is 0 Å². The third-order valence-corrected chi connectivity index (χ3v) is 3.20. The number of benzene rings is 1. The van der Waals surface area contributed by atoms with E-state index in [2.05, 4.69) is 5.32 Å². The molecule has 0 saturated carbocycles. The van der Waals surface area contributed by atoms with Crippen LogP contribution < -0.4 is 5.32 Å². The average molecular weight is 264 g/mol. The van der Waals surface area contributed by atoms with Crippen molar-refractivity contribution in [2.24, 2.45) is 0 Å². The third-order valence-electron chi connectivity index (χ3n) is 3.20. The fourth-order valence-corrected chi connectivity index (χ4v) is 2.11. The van der Waals surface area contributed by atoms with Crippen molar-refractivity contribution in [3.05, 3.63) is 35.6 Å². The molecule has 1 aliphatic rings. The zero-order valence-electron chi connectivity index (χ0n) is 10.7. The quantitative estimate of drug-likeness (QED) is 0.897. The molecular formula is C14H17FN2O2. The van der Waals surface area contributed by atoms with E-state index in [0.717, 1.165) is 19.4 Å². The minimum atomic E-state index is -0.365. The van der Waals surface area contributed by atoms with Crippen LogP contribution in [0.4, 0.5) is 4.39 Å². The van der Waals surface area contributed by atoms with E-state index >= 15 is 0 Å². The van der Waals surface area contributed by atoms with Crippen molar-refractivity contribution in [1.29, 1.82) is 0 Å². The molecule has 0 aromatic heterocycles. The van der Waals surface area contributed by atoms with Gasteiger partial charge in [0.15, 0.2) is 0 Å². The van der Waals surface area contributed by atoms with Crippen molar-refractivity contribution in [2.45, 2.75) is 19.3 Å². The molecular weight excluding hydrogens is 247 g/mol. The van der Waals surface area contributed by atoms with Gasteiger partial charge >= 0.3 is 0 Å². The summed E-state index contributed by atoms with van der Waals surface area (Å²) in [6, 6.07) is 5.39. The summed E-state index contributed by atoms with van der Waals surface area (Å²) in [6.45, 7) is 1.72. The molecule has 1 aromatic carbocycles. The van der Waals surface area contributed by atoms with Gasteiger partial charge in [0, 0.05) is 31.6 Å². The number of hydrogen-bond acceptors (Lipinski definition) is 2. The lowest BCUT2D eigenvalue weighted by atomic mass is 10.1. The Morgan fingerprint density at radius 2 is 2.00 bits per heavy atom. The van der Waals surface area contributed by atoms with Gasteiger partial charge in [-0.25, -0.2) is 4.39 Å². The van der Waals surface area contributed by atoms with E-state index in [-0.39, 0.29) is 17.6 Å². The van der Waals surface area contributed by atoms with Crippen LogP contribution in [-0.2, 0) is 4.79 Å². The topological polar surface area (TPSA) is 49.4 Å². The lowest BCUT2D eigenvalue weighted by Gasteiger charge is -2.26. The van der Waals surface area contributed by atoms with Crippen LogP contribution in [0.15, 0.2) is 24.3 Å². The smallest absolute Gasteiger partial charge is 0.251 e. The summed E-state index contributed by atoms with van der Waals surface area (Å²) in [7, 11) is 0. The molecule has 1 aliphatic heterocycles. The molecule has 1 fully saturated rings. The molecule has 0 radical (unpaired) electrons. The Bertz CT molecular complexity index is 459. The second-order valence-electron chi connectivity index (χ2n) is 4.60. The number of nitrogens with one attached hydrogen (secondary N) is 1. The highest BCUT2D eigenvalue weighted by Gasteiger charge is 2.17. The summed E-state index contributed by atoms with van der Waals surface area (Å²) in [5.41, 5.74) is 0.423. The van der Waals surface area contributed by atoms with Crippen molar-refractivity contribution in [3.63, 3.8) is 0 Å². The highest BCUT2D eigenvalue weighted by atomic mass is 19.1. The van der Waals surface area contributed by atoms with Crippen molar-refractivity contribution < 1.29 is 14.0 Å². The molecule has 0 spiro atoms. The van der Waals surface area contributed by atoms with E-state index in [1.165, 1.54) is 24.3 Å². The number of rotatable bonds is 4. The van der Waals surface area contributed by atoms with Gasteiger partial charge < -0.3 is 10.2 Å². The average Bonchev–Trinajstić information content (AvgIpc) is 2.41. The summed E-state index contributed by atoms with van der Waals surface area (Å²) in [5, 5.41) is 2.73. The van der Waals surface area contributed by atoms with Crippen LogP contribution in [0, 0.1) is 5.82 Å². The molecule has 102 valence electrons. The van der Waals surface area contributed by atoms with Crippen molar-refractivity contribution in [3.8, 4) is 0 Å². The Balaban J connectivity index is 1.77. The Hall–Kier alpha value is -1.91. The number of likely N-dealkylation sites (tertiary alicyclic amines) is 1. The Kier molecular flexibility index (Phi) is 4.49. The number of carbonyl (C=O) groups is 2. The van der Waals surface area contributed by atoms with Crippen LogP contribution >= 0.6 is 0 Å². The number of carbonyl (C=O) groups excluding carboxylic acids is 2. The lowest BCUT2D eigenvalue weighted by Crippen LogP contribution is -2.41. The fourth-order valence-electron chi connectivity index (χ4n) is 2.11. The molecule has 0 bridgehead atoms. The number of halogens is 1. The minimum absolute atomic E-state index is 0.155. The maximum atomic E-state index is 12.7. The Labute approximate surface area is 111 Å². The summed E-state index contributed by atoms with van der Waals surface area (Å²) in [5.74, 6) is -0.456. The Morgan fingerprint density at radius 1 is 1.26 bits per heavy atom. The summed E-state index contributed by atoms with van der Waals surface area (Å²) in [4.78, 5) is 25.1. The van der Waals surface area contributed by atoms with Gasteiger partial charge in [0.1, 0.15) is 5.82 Å². The second-order valence-corrected chi connectivity index (χ2v) is 4.60. The van der Waals surface area contributed by atoms with E-state index in [1.54, 1.807) is 4.90 Å². The maximum Gasteiger partial charge on any atom is 0.251 e. The first-order valence-electron chi connectivity index (χ1n) is 6.48. The molecule has 1 heterocycles. The van der Waals surface area contributed by atoms with Crippen LogP contribution in [0.1, 0.15) is 29.6 Å². The van der Waals surface area contributed by atoms with Gasteiger partial charge in [-0.15, -0.1) is 0 Å². The SMILES string of the molecule is O=C(NCCN1CCCCC1=O)c1ccc(F)cc1. The number of hydrogen-bond donors (Lipinski definition) is 1. The first-order chi connectivity index (χ1) is 9.16. The molecule has 0 unspecified atom stereocenters. The van der Waals surface area contributed by atoms with Crippen molar-refractivity contribution in [1.82, 2.24) is 10.2 Å². The Morgan fingerprint density at radius 3 is 2.68 bits per heavy atom. The van der Waals surface area contributed by atoms with E-state index in [9.17, 15) is 14.0 Å². The number of amides is 2. The van der Waals surface area contributed by atoms with Crippen LogP contribution in [0.3, 0.4) is 0 Å². The first-order valence-corrected chi connectivity index (χ1v) is 6.48. The highest BCUT2D eigenvalue weighted by Crippen LogP contribution is 2.09. The van der Waals surface area contributed by atoms with Crippen molar-refractivity contribution in [2.75, 3.05) is 19.6 Å². The molecule has 1 saturated heterocycles. The number of nitrogens with zero attached hydrogens (tertiary/aromatic N) is 1. The van der Waals surface area contributed by atoms with Crippen LogP contribution in [0.25, 0.3) is 0 Å². The van der Waals surface area contributed by atoms with Crippen LogP contribution in [0.5, 0.6) is 0 Å². The second kappa shape index (κ2) is 6.31. The lowest BCUT2D eigenvalue weighted by molar-refractivity contribution is -0.133. The zero-order chi connectivity index (χ0) is 13.7. The maximum absolute atomic E-state index is 12.7. The largest absolute Gasteiger partial charge is 0.350 e. The zero-order valence-corrected chi connectivity index (χ0v) is 10.7. The van der Waals surface area contributed by atoms with Gasteiger partial charge in [0.25, 0.3) is 5.91 Å². The molecule has 0 atom stereocenters. The monoisotopic (exact) mass is 264 g/mol. The minimum Gasteiger partial charge on any atom is -0.350 e. The predicted octanol–water partition coefficient (Wildman–Crippen LogP) is 1.57. The molecule has 5 heteroatoms. The van der Waals surface area contributed by atoms with E-state index in [1.807, 2.05) is 0 Å². The van der Waals surface area contributed by atoms with Crippen molar-refractivity contribution >= 4 is 11.8 Å². The van der Waals surface area contributed by atoms with E-state index < -0.39 is 0 Å². The summed E-state index contributed by atoms with van der Waals surface area (Å²) < 4.78 is 12.7. The standard InChI is InChI=1S/C14H17FN2O2/c15-12-6-4-11(5-7-12)14(19)16-8-10-17-9-2-1-3-13(17)18/h4-7H,1-3,8-10H2,(H,16,19). The van der Waals surface area contributed by atoms with Crippen LogP contribution in [-0.4, -0.2) is 36.3 Å². The molecule has 2 rings (SSSR count). The van der Waals surface area contributed by atoms with Gasteiger partial charge in [-0.2, -0.15) is 0 Å². The predicted molar refractivity (Wildman–Crippen MR) is 69.2 cm³/mol. The van der Waals surface area contributed by atoms with Gasteiger partial charge in [0.05, 0.1) is 0 Å². The molecule has 4 nitrogen and oxygen atoms in total. The molecule has 1 aromatic rings. The molecule has 0 aliphatic carbocycles. The molecule has 2 amide bonds. The number of piperidine rings is 1.